The van der Waals surface area contributed by atoms with E-state index in [2.05, 4.69) is 78.3 Å². The first-order valence-corrected chi connectivity index (χ1v) is 16.0. The van der Waals surface area contributed by atoms with Crippen LogP contribution in [0.25, 0.3) is 20.9 Å². The predicted molar refractivity (Wildman–Crippen MR) is 180 cm³/mol. The van der Waals surface area contributed by atoms with Crippen molar-refractivity contribution in [1.82, 2.24) is 0 Å². The van der Waals surface area contributed by atoms with E-state index >= 15 is 0 Å². The number of anilines is 1. The molecular formula is C36H30BrF2NS2. The number of thiophene rings is 2. The van der Waals surface area contributed by atoms with Crippen molar-refractivity contribution in [3.63, 3.8) is 0 Å². The van der Waals surface area contributed by atoms with Crippen LogP contribution < -0.4 is 5.73 Å². The number of nitrogens with two attached hydrogens (primary N) is 1. The summed E-state index contributed by atoms with van der Waals surface area (Å²) in [5.74, 6) is -0.397. The van der Waals surface area contributed by atoms with Gasteiger partial charge in [-0.1, -0.05) is 52.3 Å². The zero-order chi connectivity index (χ0) is 29.6. The first kappa shape index (κ1) is 29.9. The van der Waals surface area contributed by atoms with E-state index in [-0.39, 0.29) is 11.6 Å². The summed E-state index contributed by atoms with van der Waals surface area (Å²) in [5.41, 5.74) is 13.9. The predicted octanol–water partition coefficient (Wildman–Crippen LogP) is 11.3. The third-order valence-electron chi connectivity index (χ3n) is 6.99. The molecule has 0 aliphatic rings. The molecule has 0 radical (unpaired) electrons. The Labute approximate surface area is 262 Å². The molecule has 0 fully saturated rings. The standard InChI is InChI=1S/C18H14BrFS.C18H16FNS/c1-12-2-5-15(19)10-14(12)11-17-8-9-18(21-17)13-3-6-16(20)7-4-13;1-12-2-7-16(20)10-14(12)11-17-8-9-18(21-17)13-3-5-15(19)6-4-13/h2-10H,11H2,1H3;2-10H,11,20H2,1H3. The van der Waals surface area contributed by atoms with Gasteiger partial charge in [0.05, 0.1) is 0 Å². The molecule has 0 bridgehead atoms. The number of halogens is 3. The second-order valence-electron chi connectivity index (χ2n) is 10.2. The van der Waals surface area contributed by atoms with Crippen molar-refractivity contribution >= 4 is 44.3 Å². The Bertz CT molecular complexity index is 1650. The zero-order valence-corrected chi connectivity index (χ0v) is 26.6. The quantitative estimate of drug-likeness (QED) is 0.177. The fourth-order valence-corrected chi connectivity index (χ4v) is 7.05. The molecule has 2 aromatic heterocycles. The Morgan fingerprint density at radius 3 is 1.52 bits per heavy atom. The highest BCUT2D eigenvalue weighted by atomic mass is 79.9. The van der Waals surface area contributed by atoms with Crippen molar-refractivity contribution in [1.29, 1.82) is 0 Å². The van der Waals surface area contributed by atoms with E-state index < -0.39 is 0 Å². The number of nitrogen functional groups attached to an aromatic ring is 1. The van der Waals surface area contributed by atoms with Crippen molar-refractivity contribution in [2.24, 2.45) is 0 Å². The van der Waals surface area contributed by atoms with Crippen LogP contribution in [0.4, 0.5) is 14.5 Å². The van der Waals surface area contributed by atoms with E-state index in [0.29, 0.717) is 0 Å². The van der Waals surface area contributed by atoms with Crippen LogP contribution in [-0.2, 0) is 12.8 Å². The maximum Gasteiger partial charge on any atom is 0.123 e. The largest absolute Gasteiger partial charge is 0.399 e. The van der Waals surface area contributed by atoms with E-state index in [0.717, 1.165) is 39.0 Å². The average Bonchev–Trinajstić information content (AvgIpc) is 3.64. The molecule has 0 aliphatic heterocycles. The smallest absolute Gasteiger partial charge is 0.123 e. The van der Waals surface area contributed by atoms with Crippen molar-refractivity contribution in [2.45, 2.75) is 26.7 Å². The van der Waals surface area contributed by atoms with Gasteiger partial charge >= 0.3 is 0 Å². The molecule has 2 heterocycles. The first-order valence-electron chi connectivity index (χ1n) is 13.5. The molecule has 0 amide bonds. The molecule has 42 heavy (non-hydrogen) atoms. The van der Waals surface area contributed by atoms with Gasteiger partial charge < -0.3 is 5.73 Å². The Kier molecular flexibility index (Phi) is 9.68. The van der Waals surface area contributed by atoms with Gasteiger partial charge in [-0.3, -0.25) is 0 Å². The van der Waals surface area contributed by atoms with Gasteiger partial charge in [0.15, 0.2) is 0 Å². The molecule has 0 spiro atoms. The van der Waals surface area contributed by atoms with Gasteiger partial charge in [0.2, 0.25) is 0 Å². The molecular weight excluding hydrogens is 628 g/mol. The molecule has 6 heteroatoms. The average molecular weight is 659 g/mol. The van der Waals surface area contributed by atoms with Crippen LogP contribution in [0.3, 0.4) is 0 Å². The highest BCUT2D eigenvalue weighted by Crippen LogP contribution is 2.32. The van der Waals surface area contributed by atoms with Crippen LogP contribution in [0.5, 0.6) is 0 Å². The molecule has 6 rings (SSSR count). The SMILES string of the molecule is Cc1ccc(Br)cc1Cc1ccc(-c2ccc(F)cc2)s1.Cc1ccc(N)cc1Cc1ccc(-c2ccc(F)cc2)s1. The molecule has 212 valence electrons. The maximum absolute atomic E-state index is 13.0. The normalized spacial score (nSPS) is 10.8. The summed E-state index contributed by atoms with van der Waals surface area (Å²) in [4.78, 5) is 4.93. The zero-order valence-electron chi connectivity index (χ0n) is 23.3. The molecule has 0 atom stereocenters. The molecule has 6 aromatic rings. The topological polar surface area (TPSA) is 26.0 Å². The van der Waals surface area contributed by atoms with E-state index in [9.17, 15) is 8.78 Å². The number of hydrogen-bond acceptors (Lipinski definition) is 3. The van der Waals surface area contributed by atoms with Crippen LogP contribution >= 0.6 is 38.6 Å². The summed E-state index contributed by atoms with van der Waals surface area (Å²) in [6.07, 6.45) is 1.81. The molecule has 4 aromatic carbocycles. The molecule has 1 nitrogen and oxygen atoms in total. The Hall–Kier alpha value is -3.58. The summed E-state index contributed by atoms with van der Waals surface area (Å²) in [7, 11) is 0. The van der Waals surface area contributed by atoms with Crippen molar-refractivity contribution in [2.75, 3.05) is 5.73 Å². The monoisotopic (exact) mass is 657 g/mol. The lowest BCUT2D eigenvalue weighted by atomic mass is 10.0. The summed E-state index contributed by atoms with van der Waals surface area (Å²) in [6, 6.07) is 34.2. The third-order valence-corrected chi connectivity index (χ3v) is 9.76. The van der Waals surface area contributed by atoms with Gasteiger partial charge in [-0.05, 0) is 120 Å². The second-order valence-corrected chi connectivity index (χ2v) is 13.4. The van der Waals surface area contributed by atoms with Crippen molar-refractivity contribution in [3.8, 4) is 20.9 Å². The van der Waals surface area contributed by atoms with Gasteiger partial charge in [0.25, 0.3) is 0 Å². The number of aryl methyl sites for hydroxylation is 2. The fourth-order valence-electron chi connectivity index (χ4n) is 4.57. The van der Waals surface area contributed by atoms with E-state index in [1.807, 2.05) is 36.4 Å². The minimum Gasteiger partial charge on any atom is -0.399 e. The molecule has 0 saturated heterocycles. The molecule has 2 N–H and O–H groups in total. The van der Waals surface area contributed by atoms with Gasteiger partial charge in [-0.15, -0.1) is 22.7 Å². The lowest BCUT2D eigenvalue weighted by Crippen LogP contribution is -1.92. The summed E-state index contributed by atoms with van der Waals surface area (Å²) in [6.45, 7) is 4.24. The van der Waals surface area contributed by atoms with E-state index in [4.69, 9.17) is 5.73 Å². The van der Waals surface area contributed by atoms with Crippen LogP contribution in [-0.4, -0.2) is 0 Å². The number of hydrogen-bond donors (Lipinski definition) is 1. The highest BCUT2D eigenvalue weighted by Gasteiger charge is 2.08. The van der Waals surface area contributed by atoms with E-state index in [1.54, 1.807) is 22.7 Å². The van der Waals surface area contributed by atoms with Crippen LogP contribution in [0.2, 0.25) is 0 Å². The number of benzene rings is 4. The van der Waals surface area contributed by atoms with Crippen LogP contribution in [0.15, 0.2) is 114 Å². The fraction of sp³-hybridized carbons (Fsp3) is 0.111. The van der Waals surface area contributed by atoms with Crippen LogP contribution in [0, 0.1) is 25.5 Å². The Morgan fingerprint density at radius 2 is 1.02 bits per heavy atom. The highest BCUT2D eigenvalue weighted by molar-refractivity contribution is 9.10. The second kappa shape index (κ2) is 13.6. The van der Waals surface area contributed by atoms with Crippen molar-refractivity contribution < 1.29 is 8.78 Å². The van der Waals surface area contributed by atoms with E-state index in [1.165, 1.54) is 61.2 Å². The minimum atomic E-state index is -0.203. The van der Waals surface area contributed by atoms with Gasteiger partial charge in [-0.25, -0.2) is 8.78 Å². The lowest BCUT2D eigenvalue weighted by Gasteiger charge is -2.05. The Balaban J connectivity index is 0.000000168. The summed E-state index contributed by atoms with van der Waals surface area (Å²) in [5, 5.41) is 0. The summed E-state index contributed by atoms with van der Waals surface area (Å²) >= 11 is 7.03. The van der Waals surface area contributed by atoms with Crippen LogP contribution in [0.1, 0.15) is 32.0 Å². The Morgan fingerprint density at radius 1 is 0.571 bits per heavy atom. The molecule has 0 aliphatic carbocycles. The van der Waals surface area contributed by atoms with Gasteiger partial charge in [0.1, 0.15) is 11.6 Å². The molecule has 0 saturated carbocycles. The van der Waals surface area contributed by atoms with Gasteiger partial charge in [0, 0.05) is 42.5 Å². The number of rotatable bonds is 6. The summed E-state index contributed by atoms with van der Waals surface area (Å²) < 4.78 is 27.1. The minimum absolute atomic E-state index is 0.194. The maximum atomic E-state index is 13.0. The lowest BCUT2D eigenvalue weighted by molar-refractivity contribution is 0.627. The first-order chi connectivity index (χ1) is 20.2. The molecule has 0 unspecified atom stereocenters. The van der Waals surface area contributed by atoms with Crippen molar-refractivity contribution in [3.05, 3.63) is 157 Å². The third kappa shape index (κ3) is 7.82. The van der Waals surface area contributed by atoms with Gasteiger partial charge in [-0.2, -0.15) is 0 Å².